The summed E-state index contributed by atoms with van der Waals surface area (Å²) in [7, 11) is 1.05. The molecule has 0 spiro atoms. The topological polar surface area (TPSA) is 240 Å². The van der Waals surface area contributed by atoms with Gasteiger partial charge in [-0.3, -0.25) is 19.2 Å². The van der Waals surface area contributed by atoms with Crippen molar-refractivity contribution in [1.29, 1.82) is 0 Å². The van der Waals surface area contributed by atoms with Crippen LogP contribution in [0.5, 0.6) is 17.2 Å². The number of hydrogen-bond acceptors (Lipinski definition) is 17. The summed E-state index contributed by atoms with van der Waals surface area (Å²) in [6.45, 7) is 11.6. The Bertz CT molecular complexity index is 2870. The number of esters is 1. The van der Waals surface area contributed by atoms with E-state index in [1.165, 1.54) is 65.4 Å². The highest BCUT2D eigenvalue weighted by molar-refractivity contribution is 7.91. The molecule has 5 heterocycles. The van der Waals surface area contributed by atoms with Crippen molar-refractivity contribution < 1.29 is 65.9 Å². The fourth-order valence-electron chi connectivity index (χ4n) is 8.74. The van der Waals surface area contributed by atoms with Crippen LogP contribution in [0.15, 0.2) is 62.4 Å². The number of hydrogen-bond donors (Lipinski definition) is 3. The minimum absolute atomic E-state index is 0.0231. The molecular weight excluding hydrogens is 879 g/mol. The van der Waals surface area contributed by atoms with Crippen LogP contribution >= 0.6 is 0 Å². The van der Waals surface area contributed by atoms with Crippen molar-refractivity contribution in [3.8, 4) is 28.7 Å². The lowest BCUT2D eigenvalue weighted by Gasteiger charge is -2.33. The number of nitrogens with one attached hydrogen (secondary N) is 1. The van der Waals surface area contributed by atoms with Gasteiger partial charge in [0.05, 0.1) is 40.4 Å². The molecule has 7 bridgehead atoms. The fourth-order valence-corrected chi connectivity index (χ4v) is 9.57. The summed E-state index contributed by atoms with van der Waals surface area (Å²) in [5.74, 6) is -6.74. The molecule has 18 nitrogen and oxygen atoms in total. The Morgan fingerprint density at radius 3 is 2.41 bits per heavy atom. The van der Waals surface area contributed by atoms with Crippen LogP contribution in [-0.4, -0.2) is 123 Å². The Balaban J connectivity index is 1.49. The standard InChI is InChI=1S/C47H55N3O15S/c1-21-13-12-14-22(2)46(56)49-36-39(54)32-31(35-43(36)63-29-19-27(60-18-16-50(8)9)20-30(34(29)48-35)66(11,57)58)33-41(24(4)37(32)52)65-47(7,45(33)55)61-17-15-28(59-10)23(3)42(62-26(6)51)44-38(53)25(5)40(21)64-44/h12-15,17,19-21,23,25,28,38,40,42,44,52-53H,16,18H2,1-11H3,(H,49,56)/b13-12+,17-15+,22-14-/t21-,23+,25-,28-,38+,40-,42+,44+,47-/m0/s1. The average Bonchev–Trinajstić information content (AvgIpc) is 3.69. The normalized spacial score (nSPS) is 29.0. The number of allylic oxidation sites excluding steroid dienone is 2. The molecule has 66 heavy (non-hydrogen) atoms. The van der Waals surface area contributed by atoms with E-state index in [9.17, 15) is 37.8 Å². The molecule has 5 aliphatic heterocycles. The fraction of sp³-hybridized carbons (Fsp3) is 0.468. The number of rotatable bonds is 7. The van der Waals surface area contributed by atoms with Gasteiger partial charge in [0.2, 0.25) is 5.43 Å². The van der Waals surface area contributed by atoms with Gasteiger partial charge in [0, 0.05) is 80.2 Å². The highest BCUT2D eigenvalue weighted by atomic mass is 32.2. The summed E-state index contributed by atoms with van der Waals surface area (Å²) in [6.07, 6.45) is 4.12. The van der Waals surface area contributed by atoms with E-state index >= 15 is 0 Å². The summed E-state index contributed by atoms with van der Waals surface area (Å²) in [5.41, 5.74) is -2.13. The van der Waals surface area contributed by atoms with Crippen LogP contribution in [0.1, 0.15) is 57.5 Å². The number of aromatic nitrogens is 1. The first-order chi connectivity index (χ1) is 31.0. The Hall–Kier alpha value is -5.86. The lowest BCUT2D eigenvalue weighted by atomic mass is 9.86. The number of methoxy groups -OCH3 is 1. The first kappa shape index (κ1) is 48.1. The van der Waals surface area contributed by atoms with Crippen LogP contribution in [0.4, 0.5) is 5.69 Å². The van der Waals surface area contributed by atoms with E-state index in [1.807, 2.05) is 32.8 Å². The van der Waals surface area contributed by atoms with Gasteiger partial charge in [0.25, 0.3) is 11.7 Å². The van der Waals surface area contributed by atoms with Gasteiger partial charge in [-0.25, -0.2) is 13.4 Å². The Labute approximate surface area is 381 Å². The van der Waals surface area contributed by atoms with E-state index < -0.39 is 97.9 Å². The second-order valence-corrected chi connectivity index (χ2v) is 19.6. The number of fused-ring (bicyclic) bond motifs is 9. The molecule has 6 aliphatic rings. The van der Waals surface area contributed by atoms with Gasteiger partial charge in [0.15, 0.2) is 21.2 Å². The monoisotopic (exact) mass is 933 g/mol. The predicted octanol–water partition coefficient (Wildman–Crippen LogP) is 5.06. The third-order valence-electron chi connectivity index (χ3n) is 12.5. The lowest BCUT2D eigenvalue weighted by Crippen LogP contribution is -2.46. The average molecular weight is 934 g/mol. The molecule has 1 saturated heterocycles. The number of benzene rings is 3. The summed E-state index contributed by atoms with van der Waals surface area (Å²) < 4.78 is 69.4. The smallest absolute Gasteiger partial charge is 0.312 e. The number of amides is 1. The summed E-state index contributed by atoms with van der Waals surface area (Å²) in [6, 6.07) is 2.69. The van der Waals surface area contributed by atoms with Gasteiger partial charge >= 0.3 is 11.8 Å². The number of ketones is 1. The zero-order valence-electron chi connectivity index (χ0n) is 38.6. The van der Waals surface area contributed by atoms with Crippen LogP contribution in [0.2, 0.25) is 0 Å². The molecule has 1 amide bonds. The Morgan fingerprint density at radius 2 is 1.76 bits per heavy atom. The van der Waals surface area contributed by atoms with Gasteiger partial charge in [-0.05, 0) is 34.0 Å². The van der Waals surface area contributed by atoms with Crippen LogP contribution in [0.3, 0.4) is 0 Å². The number of Topliss-reactive ketones (excluding diaryl/α,β-unsaturated/α-hetero) is 1. The zero-order chi connectivity index (χ0) is 48.3. The Kier molecular flexibility index (Phi) is 13.2. The van der Waals surface area contributed by atoms with Crippen molar-refractivity contribution in [3.05, 3.63) is 69.6 Å². The van der Waals surface area contributed by atoms with Crippen molar-refractivity contribution in [2.75, 3.05) is 45.9 Å². The second-order valence-electron chi connectivity index (χ2n) is 17.6. The molecule has 1 aliphatic carbocycles. The summed E-state index contributed by atoms with van der Waals surface area (Å²) in [4.78, 5) is 62.5. The number of carbonyl (C=O) groups excluding carboxylic acids is 3. The van der Waals surface area contributed by atoms with Gasteiger partial charge in [0.1, 0.15) is 53.0 Å². The maximum absolute atomic E-state index is 14.8. The second kappa shape index (κ2) is 18.1. The number of carbonyl (C=O) groups is 3. The van der Waals surface area contributed by atoms with Crippen molar-refractivity contribution in [3.63, 3.8) is 0 Å². The number of anilines is 1. The molecule has 8 rings (SSSR count). The van der Waals surface area contributed by atoms with Crippen LogP contribution in [0.25, 0.3) is 33.3 Å². The highest BCUT2D eigenvalue weighted by Gasteiger charge is 2.51. The van der Waals surface area contributed by atoms with Gasteiger partial charge in [-0.2, -0.15) is 0 Å². The number of likely N-dealkylation sites (N-methyl/N-ethyl adjacent to an activating group) is 1. The number of sulfone groups is 1. The number of phenolic OH excluding ortho intramolecular Hbond substituents is 1. The van der Waals surface area contributed by atoms with Crippen LogP contribution in [0, 0.1) is 24.7 Å². The number of nitrogens with zero attached hydrogens (tertiary/aromatic N) is 2. The number of aromatic hydroxyl groups is 1. The third kappa shape index (κ3) is 8.65. The van der Waals surface area contributed by atoms with E-state index in [0.29, 0.717) is 6.54 Å². The Morgan fingerprint density at radius 1 is 1.05 bits per heavy atom. The quantitative estimate of drug-likeness (QED) is 0.125. The molecule has 0 aromatic heterocycles. The zero-order valence-corrected chi connectivity index (χ0v) is 39.4. The molecule has 19 heteroatoms. The molecule has 0 radical (unpaired) electrons. The van der Waals surface area contributed by atoms with Gasteiger partial charge in [-0.15, -0.1) is 0 Å². The van der Waals surface area contributed by atoms with Gasteiger partial charge in [-0.1, -0.05) is 39.0 Å². The van der Waals surface area contributed by atoms with Crippen LogP contribution < -0.4 is 20.2 Å². The number of aliphatic hydroxyl groups excluding tert-OH is 1. The van der Waals surface area contributed by atoms with E-state index in [2.05, 4.69) is 5.32 Å². The molecular formula is C47H55N3O15S. The van der Waals surface area contributed by atoms with Crippen molar-refractivity contribution in [2.45, 2.75) is 89.7 Å². The molecule has 3 N–H and O–H groups in total. The third-order valence-corrected chi connectivity index (χ3v) is 13.6. The molecule has 2 aromatic carbocycles. The van der Waals surface area contributed by atoms with Crippen molar-refractivity contribution >= 4 is 55.1 Å². The highest BCUT2D eigenvalue weighted by Crippen LogP contribution is 2.51. The minimum Gasteiger partial charge on any atom is -0.507 e. The van der Waals surface area contributed by atoms with Gasteiger partial charge < -0.3 is 53.3 Å². The number of ether oxygens (including phenoxy) is 6. The lowest BCUT2D eigenvalue weighted by molar-refractivity contribution is -0.168. The van der Waals surface area contributed by atoms with E-state index in [4.69, 9.17) is 37.8 Å². The molecule has 0 unspecified atom stereocenters. The predicted molar refractivity (Wildman–Crippen MR) is 242 cm³/mol. The molecule has 1 fully saturated rings. The summed E-state index contributed by atoms with van der Waals surface area (Å²) in [5, 5.41) is 25.3. The van der Waals surface area contributed by atoms with E-state index in [1.54, 1.807) is 19.1 Å². The molecule has 2 aromatic rings. The number of aliphatic hydroxyl groups is 1. The molecule has 0 saturated carbocycles. The van der Waals surface area contributed by atoms with Crippen LogP contribution in [-0.2, 0) is 38.4 Å². The van der Waals surface area contributed by atoms with E-state index in [0.717, 1.165) is 6.26 Å². The van der Waals surface area contributed by atoms with Crippen molar-refractivity contribution in [2.24, 2.45) is 17.8 Å². The van der Waals surface area contributed by atoms with Crippen molar-refractivity contribution in [1.82, 2.24) is 9.88 Å². The maximum Gasteiger partial charge on any atom is 0.312 e. The van der Waals surface area contributed by atoms with E-state index in [-0.39, 0.29) is 73.6 Å². The molecule has 9 atom stereocenters. The summed E-state index contributed by atoms with van der Waals surface area (Å²) >= 11 is 0. The number of phenols is 1. The first-order valence-electron chi connectivity index (χ1n) is 21.4. The largest absolute Gasteiger partial charge is 0.507 e. The minimum atomic E-state index is -4.06. The molecule has 354 valence electrons. The first-order valence-corrected chi connectivity index (χ1v) is 23.3. The maximum atomic E-state index is 14.8. The SMILES string of the molecule is CO[C@H]1/C=C/O[C@@]2(C)Oc3c(C)c(O)c4c(=O)c(c5oc6cc(OCCN(C)C)cc(S(C)(=O)=O)c6nc-5c4c3C2=O)NC(=O)/C(C)=C\C=C\[C@H](C)[C@@H]2O[C@H]([C@H](O)[C@@H]2C)[C@H](OC(C)=O)[C@@H]1C.